The van der Waals surface area contributed by atoms with Gasteiger partial charge in [-0.15, -0.1) is 0 Å². The fourth-order valence-corrected chi connectivity index (χ4v) is 2.49. The average molecular weight is 289 g/mol. The molecule has 0 fully saturated rings. The second-order valence-electron chi connectivity index (χ2n) is 5.39. The van der Waals surface area contributed by atoms with Crippen molar-refractivity contribution in [1.82, 2.24) is 19.9 Å². The molecule has 0 bridgehead atoms. The summed E-state index contributed by atoms with van der Waals surface area (Å²) >= 11 is 0. The van der Waals surface area contributed by atoms with E-state index in [4.69, 9.17) is 4.42 Å². The third-order valence-corrected chi connectivity index (χ3v) is 3.85. The van der Waals surface area contributed by atoms with E-state index in [1.165, 1.54) is 0 Å². The summed E-state index contributed by atoms with van der Waals surface area (Å²) in [5.41, 5.74) is 0.782. The highest BCUT2D eigenvalue weighted by Gasteiger charge is 2.20. The number of hydrogen-bond acceptors (Lipinski definition) is 4. The zero-order valence-electron chi connectivity index (χ0n) is 12.2. The lowest BCUT2D eigenvalue weighted by Crippen LogP contribution is -2.35. The number of rotatable bonds is 3. The monoisotopic (exact) mass is 289 g/mol. The predicted octanol–water partition coefficient (Wildman–Crippen LogP) is 1.87. The molecule has 7 nitrogen and oxygen atoms in total. The minimum Gasteiger partial charge on any atom is -0.428 e. The summed E-state index contributed by atoms with van der Waals surface area (Å²) in [7, 11) is 0. The Morgan fingerprint density at radius 1 is 1.52 bits per heavy atom. The standard InChI is InChI=1S/C14H19N5O2/c1-9-10(2)21-14(17-9)18-13(20)16-8-11-3-5-19-6-4-15-12(19)7-11/h4,6,11H,3,5,7-8H2,1-2H3,(H2,16,17,18,20)/t11-/m0/s1. The molecule has 0 saturated carbocycles. The van der Waals surface area contributed by atoms with Gasteiger partial charge in [-0.3, -0.25) is 5.32 Å². The second kappa shape index (κ2) is 5.59. The number of nitrogens with zero attached hydrogens (tertiary/aromatic N) is 3. The van der Waals surface area contributed by atoms with Crippen LogP contribution in [0.3, 0.4) is 0 Å². The maximum atomic E-state index is 11.8. The van der Waals surface area contributed by atoms with Gasteiger partial charge in [0.25, 0.3) is 0 Å². The first-order valence-electron chi connectivity index (χ1n) is 7.10. The summed E-state index contributed by atoms with van der Waals surface area (Å²) in [6.45, 7) is 5.24. The predicted molar refractivity (Wildman–Crippen MR) is 77.0 cm³/mol. The fourth-order valence-electron chi connectivity index (χ4n) is 2.49. The van der Waals surface area contributed by atoms with Crippen LogP contribution < -0.4 is 10.6 Å². The first-order valence-corrected chi connectivity index (χ1v) is 7.10. The number of carbonyl (C=O) groups excluding carboxylic acids is 1. The first kappa shape index (κ1) is 13.7. The minimum atomic E-state index is -0.287. The number of aryl methyl sites for hydroxylation is 3. The van der Waals surface area contributed by atoms with Crippen molar-refractivity contribution in [2.24, 2.45) is 5.92 Å². The van der Waals surface area contributed by atoms with Crippen molar-refractivity contribution >= 4 is 12.0 Å². The number of imidazole rings is 1. The first-order chi connectivity index (χ1) is 10.1. The van der Waals surface area contributed by atoms with Crippen molar-refractivity contribution in [3.63, 3.8) is 0 Å². The summed E-state index contributed by atoms with van der Waals surface area (Å²) in [6.07, 6.45) is 5.76. The number of oxazole rings is 1. The van der Waals surface area contributed by atoms with E-state index in [2.05, 4.69) is 25.2 Å². The van der Waals surface area contributed by atoms with Gasteiger partial charge in [0, 0.05) is 31.9 Å². The van der Waals surface area contributed by atoms with Crippen LogP contribution in [0.15, 0.2) is 16.8 Å². The van der Waals surface area contributed by atoms with Crippen LogP contribution in [0, 0.1) is 19.8 Å². The Hall–Kier alpha value is -2.31. The molecule has 2 aromatic heterocycles. The van der Waals surface area contributed by atoms with Crippen molar-refractivity contribution < 1.29 is 9.21 Å². The second-order valence-corrected chi connectivity index (χ2v) is 5.39. The Morgan fingerprint density at radius 3 is 3.14 bits per heavy atom. The van der Waals surface area contributed by atoms with Gasteiger partial charge in [-0.05, 0) is 26.2 Å². The minimum absolute atomic E-state index is 0.238. The molecule has 3 rings (SSSR count). The molecule has 2 amide bonds. The smallest absolute Gasteiger partial charge is 0.322 e. The Balaban J connectivity index is 1.48. The van der Waals surface area contributed by atoms with Crippen molar-refractivity contribution in [3.8, 4) is 0 Å². The average Bonchev–Trinajstić information content (AvgIpc) is 3.03. The van der Waals surface area contributed by atoms with E-state index in [-0.39, 0.29) is 12.0 Å². The van der Waals surface area contributed by atoms with Crippen LogP contribution in [0.1, 0.15) is 23.7 Å². The molecule has 0 aliphatic carbocycles. The number of urea groups is 1. The van der Waals surface area contributed by atoms with Gasteiger partial charge in [0.15, 0.2) is 0 Å². The molecule has 0 unspecified atom stereocenters. The van der Waals surface area contributed by atoms with Gasteiger partial charge in [-0.2, -0.15) is 4.98 Å². The molecule has 7 heteroatoms. The van der Waals surface area contributed by atoms with Crippen LogP contribution in [0.25, 0.3) is 0 Å². The highest BCUT2D eigenvalue weighted by molar-refractivity contribution is 5.86. The highest BCUT2D eigenvalue weighted by atomic mass is 16.4. The molecule has 0 radical (unpaired) electrons. The maximum Gasteiger partial charge on any atom is 0.322 e. The molecule has 1 aliphatic heterocycles. The maximum absolute atomic E-state index is 11.8. The van der Waals surface area contributed by atoms with Gasteiger partial charge in [0.2, 0.25) is 0 Å². The third-order valence-electron chi connectivity index (χ3n) is 3.85. The molecule has 1 aliphatic rings. The lowest BCUT2D eigenvalue weighted by Gasteiger charge is -2.23. The molecule has 2 N–H and O–H groups in total. The molecule has 112 valence electrons. The largest absolute Gasteiger partial charge is 0.428 e. The van der Waals surface area contributed by atoms with Gasteiger partial charge in [0.1, 0.15) is 11.6 Å². The van der Waals surface area contributed by atoms with E-state index in [1.54, 1.807) is 0 Å². The molecular weight excluding hydrogens is 270 g/mol. The molecule has 0 spiro atoms. The van der Waals surface area contributed by atoms with Crippen LogP contribution in [0.4, 0.5) is 10.8 Å². The number of hydrogen-bond donors (Lipinski definition) is 2. The van der Waals surface area contributed by atoms with E-state index in [9.17, 15) is 4.79 Å². The zero-order valence-corrected chi connectivity index (χ0v) is 12.2. The van der Waals surface area contributed by atoms with Crippen LogP contribution >= 0.6 is 0 Å². The normalized spacial score (nSPS) is 17.3. The van der Waals surface area contributed by atoms with E-state index >= 15 is 0 Å². The summed E-state index contributed by atoms with van der Waals surface area (Å²) < 4.78 is 7.48. The van der Waals surface area contributed by atoms with Crippen LogP contribution in [-0.2, 0) is 13.0 Å². The molecule has 1 atom stereocenters. The third kappa shape index (κ3) is 3.07. The lowest BCUT2D eigenvalue weighted by atomic mass is 9.98. The Labute approximate surface area is 122 Å². The van der Waals surface area contributed by atoms with E-state index < -0.39 is 0 Å². The molecule has 2 aromatic rings. The van der Waals surface area contributed by atoms with E-state index in [1.807, 2.05) is 26.2 Å². The van der Waals surface area contributed by atoms with Gasteiger partial charge < -0.3 is 14.3 Å². The summed E-state index contributed by atoms with van der Waals surface area (Å²) in [5.74, 6) is 2.22. The van der Waals surface area contributed by atoms with Crippen molar-refractivity contribution in [2.75, 3.05) is 11.9 Å². The van der Waals surface area contributed by atoms with Gasteiger partial charge >= 0.3 is 12.0 Å². The van der Waals surface area contributed by atoms with Gasteiger partial charge in [-0.1, -0.05) is 0 Å². The molecule has 0 aromatic carbocycles. The number of fused-ring (bicyclic) bond motifs is 1. The zero-order chi connectivity index (χ0) is 14.8. The number of nitrogens with one attached hydrogen (secondary N) is 2. The molecule has 0 saturated heterocycles. The summed E-state index contributed by atoms with van der Waals surface area (Å²) in [4.78, 5) is 20.3. The fraction of sp³-hybridized carbons (Fsp3) is 0.500. The van der Waals surface area contributed by atoms with Crippen molar-refractivity contribution in [3.05, 3.63) is 29.7 Å². The molecule has 21 heavy (non-hydrogen) atoms. The van der Waals surface area contributed by atoms with Crippen LogP contribution in [0.2, 0.25) is 0 Å². The number of anilines is 1. The Morgan fingerprint density at radius 2 is 2.38 bits per heavy atom. The molecule has 3 heterocycles. The van der Waals surface area contributed by atoms with Gasteiger partial charge in [0.05, 0.1) is 5.69 Å². The Kier molecular flexibility index (Phi) is 3.64. The lowest BCUT2D eigenvalue weighted by molar-refractivity contribution is 0.247. The molecular formula is C14H19N5O2. The van der Waals surface area contributed by atoms with Crippen molar-refractivity contribution in [1.29, 1.82) is 0 Å². The van der Waals surface area contributed by atoms with Gasteiger partial charge in [-0.25, -0.2) is 9.78 Å². The van der Waals surface area contributed by atoms with Crippen molar-refractivity contribution in [2.45, 2.75) is 33.2 Å². The van der Waals surface area contributed by atoms with E-state index in [0.29, 0.717) is 18.2 Å². The topological polar surface area (TPSA) is 85.0 Å². The van der Waals surface area contributed by atoms with Crippen LogP contribution in [0.5, 0.6) is 0 Å². The summed E-state index contributed by atoms with van der Waals surface area (Å²) in [6, 6.07) is -0.0492. The quantitative estimate of drug-likeness (QED) is 0.903. The Bertz CT molecular complexity index is 626. The number of amides is 2. The SMILES string of the molecule is Cc1nc(NC(=O)NC[C@H]2CCn3ccnc3C2)oc1C. The number of carbonyl (C=O) groups is 1. The summed E-state index contributed by atoms with van der Waals surface area (Å²) in [5, 5.41) is 5.47. The van der Waals surface area contributed by atoms with Crippen LogP contribution in [-0.4, -0.2) is 27.1 Å². The number of aromatic nitrogens is 3. The van der Waals surface area contributed by atoms with E-state index in [0.717, 1.165) is 30.9 Å². The highest BCUT2D eigenvalue weighted by Crippen LogP contribution is 2.18.